The van der Waals surface area contributed by atoms with Crippen LogP contribution in [0.1, 0.15) is 40.0 Å². The lowest BCUT2D eigenvalue weighted by molar-refractivity contribution is -0.117. The van der Waals surface area contributed by atoms with Crippen LogP contribution >= 0.6 is 0 Å². The van der Waals surface area contributed by atoms with Gasteiger partial charge in [0.15, 0.2) is 0 Å². The van der Waals surface area contributed by atoms with E-state index in [9.17, 15) is 18.8 Å². The average Bonchev–Trinajstić information content (AvgIpc) is 3.05. The third-order valence-electron chi connectivity index (χ3n) is 4.60. The minimum atomic E-state index is -0.561. The van der Waals surface area contributed by atoms with Crippen LogP contribution < -0.4 is 10.2 Å². The Morgan fingerprint density at radius 1 is 1.20 bits per heavy atom. The van der Waals surface area contributed by atoms with Gasteiger partial charge < -0.3 is 24.8 Å². The first-order valence-electron chi connectivity index (χ1n) is 10.0. The maximum Gasteiger partial charge on any atom is 0.410 e. The molecule has 1 aromatic carbocycles. The summed E-state index contributed by atoms with van der Waals surface area (Å²) in [7, 11) is 3.26. The highest BCUT2D eigenvalue weighted by Crippen LogP contribution is 2.26. The fourth-order valence-corrected chi connectivity index (χ4v) is 3.00. The molecular weight excluding hydrogens is 391 g/mol. The van der Waals surface area contributed by atoms with Gasteiger partial charge in [0.2, 0.25) is 5.91 Å². The summed E-state index contributed by atoms with van der Waals surface area (Å²) in [6, 6.07) is 3.90. The summed E-state index contributed by atoms with van der Waals surface area (Å²) in [4.78, 5) is 40.4. The van der Waals surface area contributed by atoms with Gasteiger partial charge in [-0.2, -0.15) is 0 Å². The molecule has 1 aliphatic heterocycles. The second kappa shape index (κ2) is 9.77. The van der Waals surface area contributed by atoms with Crippen molar-refractivity contribution in [1.82, 2.24) is 9.80 Å². The molecule has 2 rings (SSSR count). The van der Waals surface area contributed by atoms with Crippen molar-refractivity contribution in [1.29, 1.82) is 0 Å². The van der Waals surface area contributed by atoms with Crippen LogP contribution in [0.5, 0.6) is 0 Å². The van der Waals surface area contributed by atoms with Gasteiger partial charge in [0.1, 0.15) is 11.4 Å². The zero-order valence-electron chi connectivity index (χ0n) is 18.3. The highest BCUT2D eigenvalue weighted by atomic mass is 19.1. The molecule has 0 atom stereocenters. The minimum Gasteiger partial charge on any atom is -0.444 e. The molecule has 1 saturated heterocycles. The maximum atomic E-state index is 14.4. The summed E-state index contributed by atoms with van der Waals surface area (Å²) in [6.07, 6.45) is 1.28. The number of nitrogens with one attached hydrogen (secondary N) is 1. The van der Waals surface area contributed by atoms with Gasteiger partial charge in [0.05, 0.1) is 5.69 Å². The van der Waals surface area contributed by atoms with Gasteiger partial charge in [-0.05, 0) is 51.8 Å². The van der Waals surface area contributed by atoms with Crippen LogP contribution in [0.4, 0.5) is 25.4 Å². The molecule has 4 amide bonds. The second-order valence-corrected chi connectivity index (χ2v) is 8.42. The molecule has 1 fully saturated rings. The number of halogens is 1. The standard InChI is InChI=1S/C21H31FN4O4/c1-21(2,3)30-20(29)25(5)12-7-11-24(4)19(28)23-15-9-10-17(16(22)14-15)26-13-6-8-18(26)27/h9-10,14H,6-8,11-13H2,1-5H3,(H,23,28). The Morgan fingerprint density at radius 3 is 2.43 bits per heavy atom. The Hall–Kier alpha value is -2.84. The molecule has 0 aromatic heterocycles. The van der Waals surface area contributed by atoms with E-state index >= 15 is 0 Å². The van der Waals surface area contributed by atoms with Crippen LogP contribution in [0.2, 0.25) is 0 Å². The van der Waals surface area contributed by atoms with E-state index in [1.165, 1.54) is 26.8 Å². The summed E-state index contributed by atoms with van der Waals surface area (Å²) in [6.45, 7) is 6.74. The van der Waals surface area contributed by atoms with E-state index in [1.807, 2.05) is 0 Å². The number of carbonyl (C=O) groups excluding carboxylic acids is 3. The minimum absolute atomic E-state index is 0.0956. The van der Waals surface area contributed by atoms with Gasteiger partial charge in [-0.3, -0.25) is 4.79 Å². The number of anilines is 2. The molecule has 0 bridgehead atoms. The van der Waals surface area contributed by atoms with Crippen LogP contribution in [0, 0.1) is 5.82 Å². The van der Waals surface area contributed by atoms with Crippen molar-refractivity contribution in [3.05, 3.63) is 24.0 Å². The number of hydrogen-bond acceptors (Lipinski definition) is 4. The number of urea groups is 1. The normalized spacial score (nSPS) is 13.9. The molecule has 30 heavy (non-hydrogen) atoms. The van der Waals surface area contributed by atoms with Gasteiger partial charge in [0, 0.05) is 45.8 Å². The molecule has 0 unspecified atom stereocenters. The number of benzene rings is 1. The molecule has 8 nitrogen and oxygen atoms in total. The van der Waals surface area contributed by atoms with E-state index in [4.69, 9.17) is 4.74 Å². The Labute approximate surface area is 176 Å². The van der Waals surface area contributed by atoms with Crippen molar-refractivity contribution in [2.24, 2.45) is 0 Å². The van der Waals surface area contributed by atoms with Crippen molar-refractivity contribution in [2.75, 3.05) is 43.9 Å². The predicted molar refractivity (Wildman–Crippen MR) is 113 cm³/mol. The first-order valence-corrected chi connectivity index (χ1v) is 10.0. The van der Waals surface area contributed by atoms with E-state index in [0.717, 1.165) is 0 Å². The van der Waals surface area contributed by atoms with E-state index in [0.29, 0.717) is 44.6 Å². The summed E-state index contributed by atoms with van der Waals surface area (Å²) in [5.41, 5.74) is -0.0193. The highest BCUT2D eigenvalue weighted by Gasteiger charge is 2.24. The molecule has 0 spiro atoms. The SMILES string of the molecule is CN(CCCN(C)C(=O)OC(C)(C)C)C(=O)Nc1ccc(N2CCCC2=O)c(F)c1. The molecular formula is C21H31FN4O4. The zero-order valence-corrected chi connectivity index (χ0v) is 18.3. The predicted octanol–water partition coefficient (Wildman–Crippen LogP) is 3.67. The van der Waals surface area contributed by atoms with Crippen molar-refractivity contribution in [3.8, 4) is 0 Å². The molecule has 1 heterocycles. The van der Waals surface area contributed by atoms with Crippen molar-refractivity contribution < 1.29 is 23.5 Å². The van der Waals surface area contributed by atoms with E-state index in [-0.39, 0.29) is 17.6 Å². The third-order valence-corrected chi connectivity index (χ3v) is 4.60. The van der Waals surface area contributed by atoms with E-state index in [2.05, 4.69) is 5.32 Å². The van der Waals surface area contributed by atoms with Gasteiger partial charge in [-0.25, -0.2) is 14.0 Å². The Bertz CT molecular complexity index is 794. The average molecular weight is 423 g/mol. The molecule has 0 aliphatic carbocycles. The lowest BCUT2D eigenvalue weighted by Gasteiger charge is -2.25. The van der Waals surface area contributed by atoms with E-state index < -0.39 is 17.5 Å². The van der Waals surface area contributed by atoms with Crippen LogP contribution in [0.3, 0.4) is 0 Å². The fraction of sp³-hybridized carbons (Fsp3) is 0.571. The van der Waals surface area contributed by atoms with Crippen molar-refractivity contribution in [3.63, 3.8) is 0 Å². The Morgan fingerprint density at radius 2 is 1.87 bits per heavy atom. The lowest BCUT2D eigenvalue weighted by Crippen LogP contribution is -2.37. The first kappa shape index (κ1) is 23.4. The third kappa shape index (κ3) is 6.60. The quantitative estimate of drug-likeness (QED) is 0.758. The van der Waals surface area contributed by atoms with Gasteiger partial charge in [-0.1, -0.05) is 0 Å². The first-order chi connectivity index (χ1) is 14.0. The topological polar surface area (TPSA) is 82.2 Å². The number of hydrogen-bond donors (Lipinski definition) is 1. The number of rotatable bonds is 6. The molecule has 0 radical (unpaired) electrons. The van der Waals surface area contributed by atoms with Gasteiger partial charge in [-0.15, -0.1) is 0 Å². The largest absolute Gasteiger partial charge is 0.444 e. The smallest absolute Gasteiger partial charge is 0.410 e. The molecule has 9 heteroatoms. The monoisotopic (exact) mass is 422 g/mol. The van der Waals surface area contributed by atoms with Gasteiger partial charge in [0.25, 0.3) is 0 Å². The van der Waals surface area contributed by atoms with Crippen molar-refractivity contribution >= 4 is 29.4 Å². The number of nitrogens with zero attached hydrogens (tertiary/aromatic N) is 3. The lowest BCUT2D eigenvalue weighted by atomic mass is 10.2. The maximum absolute atomic E-state index is 14.4. The zero-order chi connectivity index (χ0) is 22.5. The Kier molecular flexibility index (Phi) is 7.64. The molecule has 1 N–H and O–H groups in total. The summed E-state index contributed by atoms with van der Waals surface area (Å²) in [5, 5.41) is 2.64. The van der Waals surface area contributed by atoms with Crippen LogP contribution in [0.25, 0.3) is 0 Å². The highest BCUT2D eigenvalue weighted by molar-refractivity contribution is 5.96. The van der Waals surface area contributed by atoms with Crippen molar-refractivity contribution in [2.45, 2.75) is 45.6 Å². The van der Waals surface area contributed by atoms with Gasteiger partial charge >= 0.3 is 12.1 Å². The van der Waals surface area contributed by atoms with Crippen LogP contribution in [-0.2, 0) is 9.53 Å². The second-order valence-electron chi connectivity index (χ2n) is 8.42. The molecule has 1 aromatic rings. The molecule has 1 aliphatic rings. The Balaban J connectivity index is 1.82. The van der Waals surface area contributed by atoms with Crippen LogP contribution in [0.15, 0.2) is 18.2 Å². The summed E-state index contributed by atoms with van der Waals surface area (Å²) in [5.74, 6) is -0.647. The fourth-order valence-electron chi connectivity index (χ4n) is 3.00. The number of ether oxygens (including phenoxy) is 1. The number of carbonyl (C=O) groups is 3. The van der Waals surface area contributed by atoms with E-state index in [1.54, 1.807) is 40.9 Å². The number of amides is 4. The summed E-state index contributed by atoms with van der Waals surface area (Å²) >= 11 is 0. The van der Waals surface area contributed by atoms with Crippen LogP contribution in [-0.4, -0.2) is 67.2 Å². The summed E-state index contributed by atoms with van der Waals surface area (Å²) < 4.78 is 19.7. The molecule has 0 saturated carbocycles. The molecule has 166 valence electrons.